The van der Waals surface area contributed by atoms with Gasteiger partial charge in [-0.15, -0.1) is 0 Å². The summed E-state index contributed by atoms with van der Waals surface area (Å²) in [5, 5.41) is 77.9. The first-order valence-electron chi connectivity index (χ1n) is 41.6. The van der Waals surface area contributed by atoms with E-state index >= 15 is 24.0 Å². The van der Waals surface area contributed by atoms with Crippen molar-refractivity contribution in [2.24, 2.45) is 23.7 Å². The van der Waals surface area contributed by atoms with Crippen LogP contribution in [0.2, 0.25) is 5.02 Å². The molecule has 3 unspecified atom stereocenters. The van der Waals surface area contributed by atoms with Crippen LogP contribution in [0.4, 0.5) is 22.0 Å². The predicted octanol–water partition coefficient (Wildman–Crippen LogP) is 0.521. The fraction of sp³-hybridized carbons (Fsp3) is 0.524. The summed E-state index contributed by atoms with van der Waals surface area (Å²) in [6.45, 7) is 17.3. The number of hydrogen-bond acceptors (Lipinski definition) is 26. The van der Waals surface area contributed by atoms with E-state index < -0.39 is 270 Å². The van der Waals surface area contributed by atoms with Crippen LogP contribution in [0.15, 0.2) is 73.6 Å². The fourth-order valence-corrected chi connectivity index (χ4v) is 16.0. The van der Waals surface area contributed by atoms with E-state index in [0.717, 1.165) is 26.5 Å². The number of ketones is 1. The van der Waals surface area contributed by atoms with E-state index in [4.69, 9.17) is 11.6 Å². The Bertz CT molecular complexity index is 4780. The summed E-state index contributed by atoms with van der Waals surface area (Å²) >= 11 is 6.29. The van der Waals surface area contributed by atoms with E-state index in [1.807, 2.05) is 20.1 Å². The summed E-state index contributed by atoms with van der Waals surface area (Å²) in [5.74, 6) is -29.0. The van der Waals surface area contributed by atoms with Gasteiger partial charge in [-0.3, -0.25) is 72.4 Å². The number of aliphatic hydroxyl groups is 2. The van der Waals surface area contributed by atoms with Gasteiger partial charge >= 0.3 is 5.97 Å². The normalized spacial score (nSPS) is 19.4. The van der Waals surface area contributed by atoms with Crippen LogP contribution in [-0.4, -0.2) is 262 Å². The van der Waals surface area contributed by atoms with Gasteiger partial charge in [0.05, 0.1) is 54.9 Å². The second-order valence-corrected chi connectivity index (χ2v) is 35.9. The predicted molar refractivity (Wildman–Crippen MR) is 464 cm³/mol. The van der Waals surface area contributed by atoms with Gasteiger partial charge in [0.1, 0.15) is 84.0 Å². The van der Waals surface area contributed by atoms with Crippen molar-refractivity contribution < 1.29 is 157 Å². The van der Waals surface area contributed by atoms with E-state index in [1.165, 1.54) is 50.2 Å². The zero-order valence-electron chi connectivity index (χ0n) is 74.0. The molecule has 4 heterocycles. The molecule has 19 N–H and O–H groups in total. The molecule has 5 aromatic rings. The van der Waals surface area contributed by atoms with Crippen LogP contribution in [0.3, 0.4) is 0 Å². The number of amides is 12. The average Bonchev–Trinajstić information content (AvgIpc) is 1.01. The number of carboxylic acids is 1. The van der Waals surface area contributed by atoms with E-state index in [0.29, 0.717) is 17.7 Å². The molecule has 2 aliphatic heterocycles. The standard InChI is InChI=1S/C77H110ClN18O19S2.C7F5O2.Y/c1-12-42(8)65(75(114)91-50(20-39(2)3)66(105)82-32-63(102)81-31-62(101)77(10,11)95-57(34-97)41(6)7)94-72(111)55(26-47-30-80-38-84-47)88-73(112)58-35-116-117-36-59(93-70(109)54(25-46-29-79-37-83-46)87-68(107)52(85-43(9)98)23-44-16-14-13-15-17-44)76(115)96-33-48(99)27-60(96)74(113)90-53(24-45-18-19-61(100)49(78)22-45)69(108)89-56(28-64(103)104)71(110)86-51(21-40(4)5)67(106)92-58;8-2-3(9)5(11)7(14-1-13)6(12)4(2)10;/h13-19,22,29-30,37-42,48,50-60,65-66,82,95,99-100,105H,12,20-21,23-28,31-33,35-36H2,1-11H3,(H,79,83)(H,80,84)(H,81,102)(H,85,98)(H,86,110)(H,87,107)(H,88,112)(H,89,108)(H,90,113)(H,91,114)(H,92,106)(H,93,109)(H,94,111)(H,103,104);;/q2*-1;/t42?,48?,50-,51-,52-,53-,54-,55-,56-,57-,58-,59-,60?,65-,66-;;/m0../s1. The van der Waals surface area contributed by atoms with E-state index in [2.05, 4.69) is 93.8 Å². The SMILES string of the molecule is CCC(C)[C@H](NC(=O)[C@H](Cc1cnc[nH]1)NC(=O)[C@@H]1CSSC[C@H](NC(=O)[C@H](Cc2cnc[nH]2)NC(=O)[C@H](Cc2ccccc2)NC(C)=O)C(=O)N2CC(O)CC2C(=O)N[C@@H](Cc2ccc(O)c(Cl)c2)C(=O)N[C@@H](CC(=O)O)C(=O)N[C@@H](CC(C)C)C(=O)N1)C(=O)N[C@@H](CC(C)C)[C@H](O)NCC(=O)NCC(=O)C(C)(C)N[C@@H]([C-]=O)C(C)C.O=[C-]Oc1c(F)c(F)c(F)c(F)c1F.[Y]. The van der Waals surface area contributed by atoms with Crippen molar-refractivity contribution in [3.63, 3.8) is 0 Å². The van der Waals surface area contributed by atoms with Crippen molar-refractivity contribution in [3.05, 3.63) is 130 Å². The van der Waals surface area contributed by atoms with Crippen LogP contribution in [-0.2, 0) is 135 Å². The molecule has 2 saturated heterocycles. The molecule has 3 aromatic carbocycles. The Morgan fingerprint density at radius 2 is 1.25 bits per heavy atom. The topological polar surface area (TPSA) is 580 Å². The van der Waals surface area contributed by atoms with Crippen molar-refractivity contribution in [1.29, 1.82) is 0 Å². The molecule has 1 radical (unpaired) electrons. The van der Waals surface area contributed by atoms with Gasteiger partial charge in [0.25, 0.3) is 0 Å². The molecule has 48 heteroatoms. The maximum absolute atomic E-state index is 15.5. The van der Waals surface area contributed by atoms with Crippen molar-refractivity contribution >= 4 is 129 Å². The number of aliphatic carboxylic acids is 1. The number of phenols is 1. The summed E-state index contributed by atoms with van der Waals surface area (Å²) in [7, 11) is 1.69. The Balaban J connectivity index is 0.00000187. The van der Waals surface area contributed by atoms with Gasteiger partial charge in [0.2, 0.25) is 70.9 Å². The molecule has 132 heavy (non-hydrogen) atoms. The number of hydrogen-bond donors (Lipinski definition) is 19. The fourth-order valence-electron chi connectivity index (χ4n) is 13.5. The number of fused-ring (bicyclic) bond motifs is 1. The minimum absolute atomic E-state index is 0. The number of aromatic amines is 2. The van der Waals surface area contributed by atoms with E-state index in [-0.39, 0.29) is 105 Å². The van der Waals surface area contributed by atoms with Gasteiger partial charge in [-0.05, 0) is 67.7 Å². The third-order valence-corrected chi connectivity index (χ3v) is 23.5. The van der Waals surface area contributed by atoms with Crippen LogP contribution in [0.5, 0.6) is 11.5 Å². The van der Waals surface area contributed by atoms with Crippen molar-refractivity contribution in [2.45, 2.75) is 224 Å². The first-order chi connectivity index (χ1) is 61.8. The second-order valence-electron chi connectivity index (χ2n) is 33.0. The molecule has 7 rings (SSSR count). The number of carbonyl (C=O) groups excluding carboxylic acids is 15. The smallest absolute Gasteiger partial charge is 0.305 e. The number of phenolic OH excluding ortho intramolecular Hbond substituents is 1. The number of halogens is 6. The number of rotatable bonds is 40. The summed E-state index contributed by atoms with van der Waals surface area (Å²) in [6, 6.07) is -5.66. The van der Waals surface area contributed by atoms with Crippen molar-refractivity contribution in [1.82, 2.24) is 94.0 Å². The molecule has 2 aromatic heterocycles. The number of aromatic hydroxyl groups is 1. The number of carboxylic acid groups (broad SMARTS) is 1. The molecule has 15 atom stereocenters. The Labute approximate surface area is 794 Å². The van der Waals surface area contributed by atoms with Gasteiger partial charge in [0, 0.05) is 119 Å². The van der Waals surface area contributed by atoms with Crippen LogP contribution < -0.4 is 73.9 Å². The average molecular weight is 1990 g/mol. The minimum Gasteiger partial charge on any atom is -0.605 e. The summed E-state index contributed by atoms with van der Waals surface area (Å²) in [4.78, 5) is 237. The number of ether oxygens (including phenoxy) is 1. The first kappa shape index (κ1) is 112. The number of benzene rings is 3. The Morgan fingerprint density at radius 1 is 0.682 bits per heavy atom. The summed E-state index contributed by atoms with van der Waals surface area (Å²) in [5.41, 5.74) is 0.231. The number of H-pyrrole nitrogens is 2. The van der Waals surface area contributed by atoms with Gasteiger partial charge < -0.3 is 113 Å². The zero-order chi connectivity index (χ0) is 97.4. The number of aliphatic hydroxyl groups excluding tert-OH is 2. The van der Waals surface area contributed by atoms with Gasteiger partial charge in [0.15, 0.2) is 29.7 Å². The molecular formula is C84H110ClF5N18O21S2Y-2. The number of nitrogens with zero attached hydrogens (tertiary/aromatic N) is 3. The quantitative estimate of drug-likeness (QED) is 0.00635. The largest absolute Gasteiger partial charge is 0.605 e. The molecule has 2 aliphatic rings. The number of Topliss-reactive ketones (excluding diaryl/α,β-unsaturated/α-hetero) is 1. The third kappa shape index (κ3) is 34.8. The molecular weight excluding hydrogens is 1880 g/mol. The molecule has 721 valence electrons. The van der Waals surface area contributed by atoms with Gasteiger partial charge in [-0.25, -0.2) is 38.2 Å². The molecule has 0 saturated carbocycles. The monoisotopic (exact) mass is 1990 g/mol. The molecule has 2 fully saturated rings. The Hall–Kier alpha value is -10.6. The molecule has 0 bridgehead atoms. The molecule has 12 amide bonds. The number of aromatic nitrogens is 4. The van der Waals surface area contributed by atoms with Crippen LogP contribution in [0.25, 0.3) is 0 Å². The first-order valence-corrected chi connectivity index (χ1v) is 44.5. The maximum atomic E-state index is 15.5. The van der Waals surface area contributed by atoms with Crippen LogP contribution in [0.1, 0.15) is 131 Å². The maximum Gasteiger partial charge on any atom is 0.305 e. The third-order valence-electron chi connectivity index (χ3n) is 20.8. The van der Waals surface area contributed by atoms with Gasteiger partial charge in [-0.2, -0.15) is 0 Å². The molecule has 0 aliphatic carbocycles. The van der Waals surface area contributed by atoms with Crippen molar-refractivity contribution in [3.8, 4) is 11.5 Å². The number of carbonyl (C=O) groups is 14. The van der Waals surface area contributed by atoms with E-state index in [1.54, 1.807) is 85.7 Å². The summed E-state index contributed by atoms with van der Waals surface area (Å²) < 4.78 is 65.7. The van der Waals surface area contributed by atoms with Crippen molar-refractivity contribution in [2.75, 3.05) is 31.1 Å². The second kappa shape index (κ2) is 53.9. The van der Waals surface area contributed by atoms with Gasteiger partial charge in [-0.1, -0.05) is 143 Å². The van der Waals surface area contributed by atoms with E-state index in [9.17, 15) is 95.1 Å². The number of nitrogens with one attached hydrogen (secondary N) is 15. The molecule has 0 spiro atoms. The van der Waals surface area contributed by atoms with Crippen LogP contribution >= 0.6 is 33.2 Å². The summed E-state index contributed by atoms with van der Waals surface area (Å²) in [6.07, 6.45) is 1.78. The molecule has 39 nitrogen and oxygen atoms in total. The Kier molecular flexibility index (Phi) is 45.7. The zero-order valence-corrected chi connectivity index (χ0v) is 79.2. The minimum atomic E-state index is -2.32. The number of imidazole rings is 2. The van der Waals surface area contributed by atoms with Crippen LogP contribution in [0, 0.1) is 52.8 Å². The Morgan fingerprint density at radius 3 is 1.80 bits per heavy atom.